The highest BCUT2D eigenvalue weighted by atomic mass is 35.5. The Morgan fingerprint density at radius 1 is 1.50 bits per heavy atom. The van der Waals surface area contributed by atoms with Crippen molar-refractivity contribution in [2.24, 2.45) is 0 Å². The second kappa shape index (κ2) is 4.67. The normalized spacial score (nSPS) is 22.6. The SMILES string of the molecule is O=S1(=O)CCC(NS(=O)(=O)c2c(Cl)nc3sccn23)C1. The van der Waals surface area contributed by atoms with Crippen molar-refractivity contribution in [3.63, 3.8) is 0 Å². The minimum Gasteiger partial charge on any atom is -0.279 e. The molecule has 2 aromatic heterocycles. The summed E-state index contributed by atoms with van der Waals surface area (Å²) in [5.41, 5.74) is 0. The molecule has 7 nitrogen and oxygen atoms in total. The fourth-order valence-corrected chi connectivity index (χ4v) is 6.64. The first-order chi connectivity index (χ1) is 9.28. The highest BCUT2D eigenvalue weighted by molar-refractivity contribution is 7.92. The fraction of sp³-hybridized carbons (Fsp3) is 0.444. The van der Waals surface area contributed by atoms with Crippen LogP contribution in [-0.2, 0) is 19.9 Å². The van der Waals surface area contributed by atoms with E-state index in [0.717, 1.165) is 0 Å². The lowest BCUT2D eigenvalue weighted by Crippen LogP contribution is -2.36. The monoisotopic (exact) mass is 355 g/mol. The van der Waals surface area contributed by atoms with Crippen molar-refractivity contribution in [2.75, 3.05) is 11.5 Å². The number of hydrogen-bond acceptors (Lipinski definition) is 6. The number of halogens is 1. The van der Waals surface area contributed by atoms with Gasteiger partial charge in [0, 0.05) is 17.6 Å². The maximum Gasteiger partial charge on any atom is 0.260 e. The molecule has 0 aromatic carbocycles. The minimum absolute atomic E-state index is 0.00577. The van der Waals surface area contributed by atoms with Crippen LogP contribution in [0.1, 0.15) is 6.42 Å². The summed E-state index contributed by atoms with van der Waals surface area (Å²) >= 11 is 7.13. The van der Waals surface area contributed by atoms with Gasteiger partial charge in [-0.1, -0.05) is 11.6 Å². The van der Waals surface area contributed by atoms with Crippen LogP contribution in [0.2, 0.25) is 5.15 Å². The number of thiazole rings is 1. The first kappa shape index (κ1) is 14.3. The van der Waals surface area contributed by atoms with Gasteiger partial charge in [0.25, 0.3) is 10.0 Å². The van der Waals surface area contributed by atoms with E-state index in [9.17, 15) is 16.8 Å². The van der Waals surface area contributed by atoms with Gasteiger partial charge < -0.3 is 0 Å². The standard InChI is InChI=1S/C9H10ClN3O4S3/c10-7-8(13-2-3-18-9(13)11-7)20(16,17)12-6-1-4-19(14,15)5-6/h2-3,6,12H,1,4-5H2. The lowest BCUT2D eigenvalue weighted by atomic mass is 10.3. The van der Waals surface area contributed by atoms with Gasteiger partial charge in [0.1, 0.15) is 0 Å². The summed E-state index contributed by atoms with van der Waals surface area (Å²) in [5.74, 6) is -0.191. The second-order valence-corrected chi connectivity index (χ2v) is 9.57. The molecule has 0 radical (unpaired) electrons. The smallest absolute Gasteiger partial charge is 0.260 e. The summed E-state index contributed by atoms with van der Waals surface area (Å²) in [4.78, 5) is 4.42. The molecular formula is C9H10ClN3O4S3. The molecule has 0 amide bonds. The molecule has 1 aliphatic rings. The molecule has 11 heteroatoms. The summed E-state index contributed by atoms with van der Waals surface area (Å²) in [7, 11) is -7.08. The van der Waals surface area contributed by atoms with Crippen LogP contribution in [0.15, 0.2) is 16.6 Å². The van der Waals surface area contributed by atoms with E-state index in [1.54, 1.807) is 11.6 Å². The Labute approximate surface area is 124 Å². The number of aromatic nitrogens is 2. The lowest BCUT2D eigenvalue weighted by molar-refractivity contribution is 0.558. The maximum absolute atomic E-state index is 12.3. The largest absolute Gasteiger partial charge is 0.279 e. The topological polar surface area (TPSA) is 97.6 Å². The van der Waals surface area contributed by atoms with Crippen molar-refractivity contribution in [3.05, 3.63) is 16.7 Å². The van der Waals surface area contributed by atoms with E-state index >= 15 is 0 Å². The molecule has 1 fully saturated rings. The van der Waals surface area contributed by atoms with E-state index in [1.165, 1.54) is 15.7 Å². The molecule has 20 heavy (non-hydrogen) atoms. The zero-order valence-electron chi connectivity index (χ0n) is 9.98. The number of imidazole rings is 1. The number of hydrogen-bond donors (Lipinski definition) is 1. The maximum atomic E-state index is 12.3. The first-order valence-electron chi connectivity index (χ1n) is 5.62. The van der Waals surface area contributed by atoms with Crippen molar-refractivity contribution < 1.29 is 16.8 Å². The van der Waals surface area contributed by atoms with Crippen molar-refractivity contribution in [1.82, 2.24) is 14.1 Å². The van der Waals surface area contributed by atoms with Gasteiger partial charge >= 0.3 is 0 Å². The Balaban J connectivity index is 1.96. The van der Waals surface area contributed by atoms with E-state index in [4.69, 9.17) is 11.6 Å². The van der Waals surface area contributed by atoms with Gasteiger partial charge in [0.2, 0.25) is 0 Å². The van der Waals surface area contributed by atoms with Crippen molar-refractivity contribution in [2.45, 2.75) is 17.5 Å². The Morgan fingerprint density at radius 2 is 2.25 bits per heavy atom. The summed E-state index contributed by atoms with van der Waals surface area (Å²) in [6.07, 6.45) is 1.82. The van der Waals surface area contributed by atoms with E-state index in [1.807, 2.05) is 0 Å². The third-order valence-electron chi connectivity index (χ3n) is 2.99. The molecule has 1 aliphatic heterocycles. The van der Waals surface area contributed by atoms with Crippen LogP contribution in [0.25, 0.3) is 4.96 Å². The Morgan fingerprint density at radius 3 is 2.90 bits per heavy atom. The number of nitrogens with one attached hydrogen (secondary N) is 1. The average molecular weight is 356 g/mol. The second-order valence-electron chi connectivity index (χ2n) is 4.48. The molecule has 0 bridgehead atoms. The molecule has 1 unspecified atom stereocenters. The number of sulfone groups is 1. The predicted octanol–water partition coefficient (Wildman–Crippen LogP) is 0.515. The summed E-state index contributed by atoms with van der Waals surface area (Å²) < 4.78 is 51.2. The Hall–Kier alpha value is -0.680. The first-order valence-corrected chi connectivity index (χ1v) is 10.2. The van der Waals surface area contributed by atoms with E-state index in [0.29, 0.717) is 4.96 Å². The van der Waals surface area contributed by atoms with Gasteiger partial charge in [0.15, 0.2) is 25.0 Å². The zero-order valence-corrected chi connectivity index (χ0v) is 13.2. The highest BCUT2D eigenvalue weighted by Crippen LogP contribution is 2.26. The molecule has 1 atom stereocenters. The molecule has 110 valence electrons. The number of nitrogens with zero attached hydrogens (tertiary/aromatic N) is 2. The van der Waals surface area contributed by atoms with Crippen molar-refractivity contribution in [1.29, 1.82) is 0 Å². The van der Waals surface area contributed by atoms with E-state index < -0.39 is 25.9 Å². The number of sulfonamides is 1. The third-order valence-corrected chi connectivity index (χ3v) is 7.43. The van der Waals surface area contributed by atoms with Gasteiger partial charge in [0.05, 0.1) is 11.5 Å². The van der Waals surface area contributed by atoms with Crippen LogP contribution in [0.5, 0.6) is 0 Å². The molecule has 1 N–H and O–H groups in total. The quantitative estimate of drug-likeness (QED) is 0.865. The van der Waals surface area contributed by atoms with Gasteiger partial charge in [-0.05, 0) is 6.42 Å². The van der Waals surface area contributed by atoms with Crippen molar-refractivity contribution >= 4 is 47.8 Å². The molecule has 3 rings (SSSR count). The Kier molecular flexibility index (Phi) is 3.33. The molecule has 1 saturated heterocycles. The van der Waals surface area contributed by atoms with Crippen LogP contribution in [-0.4, -0.2) is 43.8 Å². The van der Waals surface area contributed by atoms with Gasteiger partial charge in [-0.25, -0.2) is 26.5 Å². The molecule has 0 aliphatic carbocycles. The predicted molar refractivity (Wildman–Crippen MR) is 75.5 cm³/mol. The lowest BCUT2D eigenvalue weighted by Gasteiger charge is -2.10. The molecule has 0 spiro atoms. The fourth-order valence-electron chi connectivity index (χ4n) is 2.14. The van der Waals surface area contributed by atoms with Crippen molar-refractivity contribution in [3.8, 4) is 0 Å². The van der Waals surface area contributed by atoms with E-state index in [2.05, 4.69) is 9.71 Å². The summed E-state index contributed by atoms with van der Waals surface area (Å²) in [6.45, 7) is 0. The van der Waals surface area contributed by atoms with Crippen LogP contribution in [0.3, 0.4) is 0 Å². The Bertz CT molecular complexity index is 868. The van der Waals surface area contributed by atoms with Gasteiger partial charge in [-0.2, -0.15) is 0 Å². The van der Waals surface area contributed by atoms with Crippen LogP contribution >= 0.6 is 22.9 Å². The number of rotatable bonds is 3. The third kappa shape index (κ3) is 2.46. The average Bonchev–Trinajstić information content (AvgIpc) is 2.91. The minimum atomic E-state index is -3.92. The summed E-state index contributed by atoms with van der Waals surface area (Å²) in [6, 6.07) is -0.620. The van der Waals surface area contributed by atoms with Gasteiger partial charge in [-0.3, -0.25) is 4.40 Å². The number of fused-ring (bicyclic) bond motifs is 1. The summed E-state index contributed by atoms with van der Waals surface area (Å²) in [5, 5.41) is 1.42. The molecular weight excluding hydrogens is 346 g/mol. The van der Waals surface area contributed by atoms with Crippen LogP contribution in [0.4, 0.5) is 0 Å². The molecule has 2 aromatic rings. The highest BCUT2D eigenvalue weighted by Gasteiger charge is 2.34. The van der Waals surface area contributed by atoms with Crippen LogP contribution < -0.4 is 4.72 Å². The van der Waals surface area contributed by atoms with Gasteiger partial charge in [-0.15, -0.1) is 11.3 Å². The van der Waals surface area contributed by atoms with E-state index in [-0.39, 0.29) is 28.1 Å². The molecule has 0 saturated carbocycles. The van der Waals surface area contributed by atoms with Crippen LogP contribution in [0, 0.1) is 0 Å². The zero-order chi connectivity index (χ0) is 14.5. The molecule has 3 heterocycles.